The summed E-state index contributed by atoms with van der Waals surface area (Å²) in [6, 6.07) is 7.33. The summed E-state index contributed by atoms with van der Waals surface area (Å²) < 4.78 is 42.9. The van der Waals surface area contributed by atoms with E-state index in [9.17, 15) is 18.0 Å². The maximum atomic E-state index is 12.7. The molecular weight excluding hydrogens is 335 g/mol. The third-order valence-corrected chi connectivity index (χ3v) is 3.26. The lowest BCUT2D eigenvalue weighted by atomic mass is 10.0. The third kappa shape index (κ3) is 4.13. The fourth-order valence-corrected chi connectivity index (χ4v) is 1.89. The third-order valence-electron chi connectivity index (χ3n) is 3.01. The van der Waals surface area contributed by atoms with Gasteiger partial charge >= 0.3 is 12.1 Å². The minimum Gasteiger partial charge on any atom is -0.479 e. The van der Waals surface area contributed by atoms with Crippen LogP contribution in [-0.2, 0) is 0 Å². The van der Waals surface area contributed by atoms with Crippen LogP contribution in [0.4, 0.5) is 13.2 Å². The highest BCUT2D eigenvalue weighted by atomic mass is 35.5. The summed E-state index contributed by atoms with van der Waals surface area (Å²) in [4.78, 5) is 14.6. The summed E-state index contributed by atoms with van der Waals surface area (Å²) in [6.45, 7) is 0.858. The molecule has 1 aromatic heterocycles. The van der Waals surface area contributed by atoms with Crippen molar-refractivity contribution in [2.45, 2.75) is 19.2 Å². The van der Waals surface area contributed by atoms with Crippen molar-refractivity contribution in [1.29, 1.82) is 0 Å². The molecule has 0 saturated carbocycles. The second kappa shape index (κ2) is 6.45. The van der Waals surface area contributed by atoms with Crippen molar-refractivity contribution in [3.05, 3.63) is 47.2 Å². The van der Waals surface area contributed by atoms with E-state index >= 15 is 0 Å². The number of hydrogen-bond donors (Lipinski definition) is 1. The highest BCUT2D eigenvalue weighted by molar-refractivity contribution is 6.30. The number of benzene rings is 1. The molecule has 0 unspecified atom stereocenters. The molecule has 0 radical (unpaired) electrons. The molecule has 0 bridgehead atoms. The summed E-state index contributed by atoms with van der Waals surface area (Å²) >= 11 is 5.78. The van der Waals surface area contributed by atoms with Gasteiger partial charge in [0.2, 0.25) is 0 Å². The van der Waals surface area contributed by atoms with Crippen molar-refractivity contribution in [2.24, 2.45) is 0 Å². The highest BCUT2D eigenvalue weighted by Crippen LogP contribution is 2.34. The molecule has 0 aliphatic carbocycles. The Morgan fingerprint density at radius 2 is 1.91 bits per heavy atom. The zero-order valence-electron chi connectivity index (χ0n) is 11.8. The predicted octanol–water partition coefficient (Wildman–Crippen LogP) is 4.43. The van der Waals surface area contributed by atoms with Gasteiger partial charge in [-0.1, -0.05) is 23.7 Å². The monoisotopic (exact) mass is 345 g/mol. The summed E-state index contributed by atoms with van der Waals surface area (Å²) in [5, 5.41) is 9.44. The Bertz CT molecular complexity index is 717. The number of hydrogen-bond acceptors (Lipinski definition) is 3. The maximum Gasteiger partial charge on any atom is 0.425 e. The van der Waals surface area contributed by atoms with E-state index in [4.69, 9.17) is 21.4 Å². The Morgan fingerprint density at radius 3 is 2.43 bits per heavy atom. The molecule has 0 spiro atoms. The van der Waals surface area contributed by atoms with Gasteiger partial charge in [0.05, 0.1) is 6.20 Å². The van der Waals surface area contributed by atoms with Gasteiger partial charge in [-0.25, -0.2) is 9.78 Å². The van der Waals surface area contributed by atoms with Gasteiger partial charge in [-0.2, -0.15) is 13.2 Å². The maximum absolute atomic E-state index is 12.7. The lowest BCUT2D eigenvalue weighted by molar-refractivity contribution is -0.189. The Kier molecular flexibility index (Phi) is 4.79. The standard InChI is InChI=1S/C15H11ClF3NO3/c1-8(15(17,18)19)23-13-7-20-12(14(21)22)6-11(13)9-2-4-10(16)5-3-9/h2-8H,1H3,(H,21,22)/t8-/m0/s1. The summed E-state index contributed by atoms with van der Waals surface area (Å²) in [5.41, 5.74) is 0.343. The van der Waals surface area contributed by atoms with E-state index in [-0.39, 0.29) is 17.0 Å². The number of nitrogens with zero attached hydrogens (tertiary/aromatic N) is 1. The number of aromatic nitrogens is 1. The molecule has 8 heteroatoms. The zero-order chi connectivity index (χ0) is 17.2. The Hall–Kier alpha value is -2.28. The summed E-state index contributed by atoms with van der Waals surface area (Å²) in [6.07, 6.45) is -5.65. The molecule has 122 valence electrons. The fourth-order valence-electron chi connectivity index (χ4n) is 1.77. The number of carbonyl (C=O) groups is 1. The lowest BCUT2D eigenvalue weighted by Gasteiger charge is -2.19. The van der Waals surface area contributed by atoms with Gasteiger partial charge in [-0.05, 0) is 30.7 Å². The van der Waals surface area contributed by atoms with E-state index < -0.39 is 18.2 Å². The van der Waals surface area contributed by atoms with Gasteiger partial charge in [0.25, 0.3) is 0 Å². The number of pyridine rings is 1. The van der Waals surface area contributed by atoms with E-state index in [1.54, 1.807) is 12.1 Å². The van der Waals surface area contributed by atoms with Gasteiger partial charge in [-0.3, -0.25) is 0 Å². The average molecular weight is 346 g/mol. The smallest absolute Gasteiger partial charge is 0.425 e. The van der Waals surface area contributed by atoms with Crippen LogP contribution >= 0.6 is 11.6 Å². The molecule has 4 nitrogen and oxygen atoms in total. The van der Waals surface area contributed by atoms with Crippen LogP contribution in [0.2, 0.25) is 5.02 Å². The van der Waals surface area contributed by atoms with E-state index in [1.807, 2.05) is 0 Å². The molecule has 1 N–H and O–H groups in total. The first-order valence-electron chi connectivity index (χ1n) is 6.41. The molecule has 0 amide bonds. The Balaban J connectivity index is 2.49. The molecule has 0 aliphatic heterocycles. The first-order chi connectivity index (χ1) is 10.7. The van der Waals surface area contributed by atoms with E-state index in [0.29, 0.717) is 10.6 Å². The van der Waals surface area contributed by atoms with Crippen LogP contribution in [0.5, 0.6) is 5.75 Å². The first-order valence-corrected chi connectivity index (χ1v) is 6.79. The Labute approximate surface area is 134 Å². The second-order valence-corrected chi connectivity index (χ2v) is 5.12. The topological polar surface area (TPSA) is 59.4 Å². The predicted molar refractivity (Wildman–Crippen MR) is 77.8 cm³/mol. The SMILES string of the molecule is C[C@H](Oc1cnc(C(=O)O)cc1-c1ccc(Cl)cc1)C(F)(F)F. The molecule has 0 fully saturated rings. The second-order valence-electron chi connectivity index (χ2n) is 4.68. The Morgan fingerprint density at radius 1 is 1.30 bits per heavy atom. The van der Waals surface area contributed by atoms with Gasteiger partial charge in [-0.15, -0.1) is 0 Å². The largest absolute Gasteiger partial charge is 0.479 e. The van der Waals surface area contributed by atoms with Gasteiger partial charge < -0.3 is 9.84 Å². The van der Waals surface area contributed by atoms with Crippen LogP contribution in [0.25, 0.3) is 11.1 Å². The molecule has 1 heterocycles. The van der Waals surface area contributed by atoms with Crippen molar-refractivity contribution in [3.8, 4) is 16.9 Å². The number of halogens is 4. The van der Waals surface area contributed by atoms with Crippen molar-refractivity contribution in [3.63, 3.8) is 0 Å². The van der Waals surface area contributed by atoms with Gasteiger partial charge in [0.1, 0.15) is 11.4 Å². The number of carboxylic acid groups (broad SMARTS) is 1. The van der Waals surface area contributed by atoms with Gasteiger partial charge in [0.15, 0.2) is 6.10 Å². The normalized spacial score (nSPS) is 12.7. The molecule has 0 saturated heterocycles. The highest BCUT2D eigenvalue weighted by Gasteiger charge is 2.38. The molecule has 1 aromatic carbocycles. The van der Waals surface area contributed by atoms with Crippen LogP contribution in [0, 0.1) is 0 Å². The number of aromatic carboxylic acids is 1. The number of alkyl halides is 3. The molecule has 2 rings (SSSR count). The molecular formula is C15H11ClF3NO3. The summed E-state index contributed by atoms with van der Waals surface area (Å²) in [7, 11) is 0. The minimum atomic E-state index is -4.55. The fraction of sp³-hybridized carbons (Fsp3) is 0.200. The van der Waals surface area contributed by atoms with Crippen molar-refractivity contribution in [1.82, 2.24) is 4.98 Å². The molecule has 23 heavy (non-hydrogen) atoms. The average Bonchev–Trinajstić information content (AvgIpc) is 2.47. The molecule has 1 atom stereocenters. The van der Waals surface area contributed by atoms with Crippen molar-refractivity contribution in [2.75, 3.05) is 0 Å². The minimum absolute atomic E-state index is 0.165. The van der Waals surface area contributed by atoms with E-state index in [0.717, 1.165) is 19.2 Å². The van der Waals surface area contributed by atoms with Gasteiger partial charge in [0, 0.05) is 10.6 Å². The van der Waals surface area contributed by atoms with Crippen molar-refractivity contribution < 1.29 is 27.8 Å². The van der Waals surface area contributed by atoms with Crippen LogP contribution in [0.15, 0.2) is 36.5 Å². The van der Waals surface area contributed by atoms with E-state index in [2.05, 4.69) is 4.98 Å². The number of ether oxygens (including phenoxy) is 1. The van der Waals surface area contributed by atoms with Crippen LogP contribution < -0.4 is 4.74 Å². The van der Waals surface area contributed by atoms with E-state index in [1.165, 1.54) is 12.1 Å². The number of rotatable bonds is 4. The summed E-state index contributed by atoms with van der Waals surface area (Å²) in [5.74, 6) is -1.46. The van der Waals surface area contributed by atoms with Crippen molar-refractivity contribution >= 4 is 17.6 Å². The van der Waals surface area contributed by atoms with Crippen LogP contribution in [-0.4, -0.2) is 28.3 Å². The molecule has 2 aromatic rings. The lowest BCUT2D eigenvalue weighted by Crippen LogP contribution is -2.31. The first kappa shape index (κ1) is 17.1. The van der Waals surface area contributed by atoms with Crippen LogP contribution in [0.3, 0.4) is 0 Å². The quantitative estimate of drug-likeness (QED) is 0.890. The van der Waals surface area contributed by atoms with Crippen LogP contribution in [0.1, 0.15) is 17.4 Å². The number of carboxylic acids is 1. The zero-order valence-corrected chi connectivity index (χ0v) is 12.5. The molecule has 0 aliphatic rings.